The average Bonchev–Trinajstić information content (AvgIpc) is 2.53. The first-order valence-corrected chi connectivity index (χ1v) is 10.6. The van der Waals surface area contributed by atoms with Crippen LogP contribution in [0.25, 0.3) is 0 Å². The monoisotopic (exact) mass is 363 g/mol. The van der Waals surface area contributed by atoms with E-state index in [9.17, 15) is 0 Å². The third-order valence-corrected chi connectivity index (χ3v) is 5.04. The number of halogens is 1. The van der Waals surface area contributed by atoms with Gasteiger partial charge >= 0.3 is 0 Å². The van der Waals surface area contributed by atoms with Crippen LogP contribution in [0.1, 0.15) is 103 Å². The van der Waals surface area contributed by atoms with Gasteiger partial charge in [0.2, 0.25) is 0 Å². The number of unbranched alkanes of at least 4 members (excludes halogenated alkanes) is 13. The van der Waals surface area contributed by atoms with Crippen molar-refractivity contribution in [1.82, 2.24) is 0 Å². The molecule has 0 amide bonds. The molecule has 0 radical (unpaired) electrons. The van der Waals surface area contributed by atoms with Crippen LogP contribution in [0.2, 0.25) is 0 Å². The van der Waals surface area contributed by atoms with Gasteiger partial charge in [0.1, 0.15) is 0 Å². The summed E-state index contributed by atoms with van der Waals surface area (Å²) in [6, 6.07) is 0. The van der Waals surface area contributed by atoms with Gasteiger partial charge in [-0.05, 0) is 12.8 Å². The smallest absolute Gasteiger partial charge is 0.0804 e. The summed E-state index contributed by atoms with van der Waals surface area (Å²) in [5.74, 6) is 0. The van der Waals surface area contributed by atoms with E-state index in [1.54, 1.807) is 0 Å². The predicted octanol–water partition coefficient (Wildman–Crippen LogP) is 2.93. The maximum Gasteiger partial charge on any atom is 0.0804 e. The number of nitrogens with zero attached hydrogens (tertiary/aromatic N) is 1. The molecule has 0 heterocycles. The van der Waals surface area contributed by atoms with Gasteiger partial charge in [0.25, 0.3) is 0 Å². The number of hydrogen-bond acceptors (Lipinski definition) is 1. The Balaban J connectivity index is 0. The van der Waals surface area contributed by atoms with Gasteiger partial charge in [-0.1, -0.05) is 84.0 Å². The summed E-state index contributed by atoms with van der Waals surface area (Å²) < 4.78 is 1.07. The molecule has 0 aromatic carbocycles. The largest absolute Gasteiger partial charge is 1.00 e. The van der Waals surface area contributed by atoms with Crippen LogP contribution < -0.4 is 12.4 Å². The zero-order valence-electron chi connectivity index (χ0n) is 17.0. The maximum atomic E-state index is 8.91. The number of aliphatic hydroxyl groups excluding tert-OH is 1. The highest BCUT2D eigenvalue weighted by molar-refractivity contribution is 4.49. The van der Waals surface area contributed by atoms with Crippen LogP contribution in [0.4, 0.5) is 0 Å². The molecule has 0 aliphatic heterocycles. The fraction of sp³-hybridized carbons (Fsp3) is 1.00. The third kappa shape index (κ3) is 20.3. The van der Waals surface area contributed by atoms with Crippen molar-refractivity contribution in [2.45, 2.75) is 103 Å². The van der Waals surface area contributed by atoms with E-state index in [4.69, 9.17) is 5.11 Å². The lowest BCUT2D eigenvalue weighted by atomic mass is 10.0. The van der Waals surface area contributed by atoms with E-state index in [0.29, 0.717) is 6.61 Å². The van der Waals surface area contributed by atoms with E-state index in [0.717, 1.165) is 17.4 Å². The van der Waals surface area contributed by atoms with Crippen molar-refractivity contribution < 1.29 is 22.0 Å². The number of quaternary nitrogens is 1. The van der Waals surface area contributed by atoms with E-state index in [-0.39, 0.29) is 12.4 Å². The first-order chi connectivity index (χ1) is 11.1. The Morgan fingerprint density at radius 2 is 0.875 bits per heavy atom. The SMILES string of the molecule is CCCCCCCCCCCCCCCC[N+](C)(C)CCCO.[Cl-]. The summed E-state index contributed by atoms with van der Waals surface area (Å²) in [7, 11) is 4.58. The Bertz CT molecular complexity index is 234. The van der Waals surface area contributed by atoms with Gasteiger partial charge in [0, 0.05) is 13.0 Å². The molecule has 0 rings (SSSR count). The van der Waals surface area contributed by atoms with Crippen molar-refractivity contribution in [3.63, 3.8) is 0 Å². The minimum absolute atomic E-state index is 0. The molecule has 0 saturated heterocycles. The molecule has 3 heteroatoms. The van der Waals surface area contributed by atoms with Crippen LogP contribution in [-0.2, 0) is 0 Å². The molecule has 2 nitrogen and oxygen atoms in total. The van der Waals surface area contributed by atoms with Gasteiger partial charge in [-0.15, -0.1) is 0 Å². The lowest BCUT2D eigenvalue weighted by molar-refractivity contribution is -0.890. The summed E-state index contributed by atoms with van der Waals surface area (Å²) >= 11 is 0. The Hall–Kier alpha value is 0.210. The second-order valence-electron chi connectivity index (χ2n) is 8.06. The predicted molar refractivity (Wildman–Crippen MR) is 104 cm³/mol. The highest BCUT2D eigenvalue weighted by Gasteiger charge is 2.12. The lowest BCUT2D eigenvalue weighted by Gasteiger charge is -2.29. The molecule has 0 saturated carbocycles. The second kappa shape index (κ2) is 19.5. The normalized spacial score (nSPS) is 11.5. The summed E-state index contributed by atoms with van der Waals surface area (Å²) in [6.45, 7) is 4.99. The zero-order chi connectivity index (χ0) is 17.2. The molecular weight excluding hydrogens is 318 g/mol. The van der Waals surface area contributed by atoms with Gasteiger partial charge in [0.15, 0.2) is 0 Å². The van der Waals surface area contributed by atoms with Crippen LogP contribution in [0.5, 0.6) is 0 Å². The summed E-state index contributed by atoms with van der Waals surface area (Å²) in [5.41, 5.74) is 0. The van der Waals surface area contributed by atoms with E-state index < -0.39 is 0 Å². The Morgan fingerprint density at radius 1 is 0.542 bits per heavy atom. The minimum Gasteiger partial charge on any atom is -1.00 e. The standard InChI is InChI=1S/C21H46NO.ClH/c1-4-5-6-7-8-9-10-11-12-13-14-15-16-17-19-22(2,3)20-18-21-23;/h23H,4-21H2,1-3H3;1H/q+1;/p-1. The molecule has 0 aliphatic carbocycles. The Morgan fingerprint density at radius 3 is 1.25 bits per heavy atom. The molecule has 0 aromatic rings. The van der Waals surface area contributed by atoms with Gasteiger partial charge in [-0.3, -0.25) is 0 Å². The van der Waals surface area contributed by atoms with Gasteiger partial charge in [-0.25, -0.2) is 0 Å². The van der Waals surface area contributed by atoms with Crippen LogP contribution in [0.3, 0.4) is 0 Å². The Kier molecular flexibility index (Phi) is 21.5. The molecule has 0 spiro atoms. The van der Waals surface area contributed by atoms with Crippen molar-refractivity contribution in [2.75, 3.05) is 33.8 Å². The molecule has 0 aromatic heterocycles. The van der Waals surface area contributed by atoms with Crippen LogP contribution in [0, 0.1) is 0 Å². The summed E-state index contributed by atoms with van der Waals surface area (Å²) in [4.78, 5) is 0. The highest BCUT2D eigenvalue weighted by Crippen LogP contribution is 2.13. The molecule has 24 heavy (non-hydrogen) atoms. The second-order valence-corrected chi connectivity index (χ2v) is 8.06. The molecule has 0 fully saturated rings. The molecule has 1 N–H and O–H groups in total. The quantitative estimate of drug-likeness (QED) is 0.293. The number of rotatable bonds is 18. The van der Waals surface area contributed by atoms with Crippen LogP contribution >= 0.6 is 0 Å². The van der Waals surface area contributed by atoms with E-state index >= 15 is 0 Å². The van der Waals surface area contributed by atoms with Gasteiger partial charge < -0.3 is 22.0 Å². The van der Waals surface area contributed by atoms with Crippen molar-refractivity contribution in [2.24, 2.45) is 0 Å². The van der Waals surface area contributed by atoms with E-state index in [1.165, 1.54) is 96.4 Å². The molecular formula is C21H46ClNO. The molecule has 0 atom stereocenters. The highest BCUT2D eigenvalue weighted by atomic mass is 35.5. The summed E-state index contributed by atoms with van der Waals surface area (Å²) in [6.07, 6.45) is 20.9. The van der Waals surface area contributed by atoms with E-state index in [2.05, 4.69) is 21.0 Å². The Labute approximate surface area is 159 Å². The van der Waals surface area contributed by atoms with Crippen molar-refractivity contribution >= 4 is 0 Å². The minimum atomic E-state index is 0. The van der Waals surface area contributed by atoms with Crippen LogP contribution in [0.15, 0.2) is 0 Å². The fourth-order valence-electron chi connectivity index (χ4n) is 3.34. The first kappa shape index (κ1) is 26.4. The van der Waals surface area contributed by atoms with Gasteiger partial charge in [0.05, 0.1) is 27.2 Å². The molecule has 0 aliphatic rings. The molecule has 148 valence electrons. The number of aliphatic hydroxyl groups is 1. The molecule has 0 bridgehead atoms. The van der Waals surface area contributed by atoms with Crippen molar-refractivity contribution in [3.8, 4) is 0 Å². The first-order valence-electron chi connectivity index (χ1n) is 10.6. The van der Waals surface area contributed by atoms with Crippen LogP contribution in [-0.4, -0.2) is 43.4 Å². The maximum absolute atomic E-state index is 8.91. The topological polar surface area (TPSA) is 20.2 Å². The van der Waals surface area contributed by atoms with Gasteiger partial charge in [-0.2, -0.15) is 0 Å². The lowest BCUT2D eigenvalue weighted by Crippen LogP contribution is -3.00. The summed E-state index contributed by atoms with van der Waals surface area (Å²) in [5, 5.41) is 8.91. The number of hydrogen-bond donors (Lipinski definition) is 1. The van der Waals surface area contributed by atoms with E-state index in [1.807, 2.05) is 0 Å². The zero-order valence-corrected chi connectivity index (χ0v) is 17.8. The average molecular weight is 364 g/mol. The van der Waals surface area contributed by atoms with Crippen molar-refractivity contribution in [1.29, 1.82) is 0 Å². The fourth-order valence-corrected chi connectivity index (χ4v) is 3.34. The third-order valence-electron chi connectivity index (χ3n) is 5.04. The van der Waals surface area contributed by atoms with Crippen molar-refractivity contribution in [3.05, 3.63) is 0 Å². The molecule has 0 unspecified atom stereocenters.